The number of aromatic hydroxyl groups is 2. The highest BCUT2D eigenvalue weighted by atomic mass is 16.5. The molecule has 0 heterocycles. The van der Waals surface area contributed by atoms with Crippen LogP contribution in [0.4, 0.5) is 0 Å². The maximum Gasteiger partial charge on any atom is 0.200 e. The van der Waals surface area contributed by atoms with Crippen molar-refractivity contribution in [3.63, 3.8) is 0 Å². The lowest BCUT2D eigenvalue weighted by molar-refractivity contribution is 0.340. The van der Waals surface area contributed by atoms with E-state index in [4.69, 9.17) is 9.47 Å². The summed E-state index contributed by atoms with van der Waals surface area (Å²) in [6.45, 7) is 1.94. The minimum absolute atomic E-state index is 0.0547. The van der Waals surface area contributed by atoms with Gasteiger partial charge < -0.3 is 19.7 Å². The average molecular weight is 260 g/mol. The number of ether oxygens (including phenoxy) is 2. The van der Waals surface area contributed by atoms with Gasteiger partial charge in [0.15, 0.2) is 11.5 Å². The number of benzene rings is 2. The van der Waals surface area contributed by atoms with Gasteiger partial charge in [-0.15, -0.1) is 0 Å². The number of hydrogen-bond donors (Lipinski definition) is 2. The van der Waals surface area contributed by atoms with Crippen LogP contribution in [-0.2, 0) is 0 Å². The molecule has 0 saturated heterocycles. The van der Waals surface area contributed by atoms with Crippen LogP contribution >= 0.6 is 0 Å². The third-order valence-corrected chi connectivity index (χ3v) is 2.94. The van der Waals surface area contributed by atoms with Crippen molar-refractivity contribution >= 4 is 0 Å². The highest BCUT2D eigenvalue weighted by Crippen LogP contribution is 2.42. The first-order valence-electron chi connectivity index (χ1n) is 5.81. The maximum absolute atomic E-state index is 9.94. The largest absolute Gasteiger partial charge is 0.507 e. The molecule has 0 radical (unpaired) electrons. The molecule has 2 rings (SSSR count). The Kier molecular flexibility index (Phi) is 3.51. The first kappa shape index (κ1) is 13.1. The van der Waals surface area contributed by atoms with Crippen molar-refractivity contribution in [2.75, 3.05) is 14.2 Å². The lowest BCUT2D eigenvalue weighted by Crippen LogP contribution is -1.91. The van der Waals surface area contributed by atoms with Crippen molar-refractivity contribution in [2.24, 2.45) is 0 Å². The molecule has 0 saturated carbocycles. The van der Waals surface area contributed by atoms with Crippen molar-refractivity contribution in [1.82, 2.24) is 0 Å². The zero-order chi connectivity index (χ0) is 14.0. The molecule has 4 nitrogen and oxygen atoms in total. The normalized spacial score (nSPS) is 10.3. The molecule has 19 heavy (non-hydrogen) atoms. The highest BCUT2D eigenvalue weighted by molar-refractivity contribution is 5.75. The Hall–Kier alpha value is -2.36. The Morgan fingerprint density at radius 1 is 0.895 bits per heavy atom. The number of rotatable bonds is 3. The van der Waals surface area contributed by atoms with Crippen molar-refractivity contribution in [2.45, 2.75) is 6.92 Å². The first-order chi connectivity index (χ1) is 9.06. The number of hydrogen-bond acceptors (Lipinski definition) is 4. The summed E-state index contributed by atoms with van der Waals surface area (Å²) in [5, 5.41) is 19.8. The Labute approximate surface area is 111 Å². The fourth-order valence-electron chi connectivity index (χ4n) is 1.93. The van der Waals surface area contributed by atoms with Crippen LogP contribution in [0.1, 0.15) is 5.56 Å². The molecular formula is C15H16O4. The molecule has 0 amide bonds. The molecular weight excluding hydrogens is 244 g/mol. The Bertz CT molecular complexity index is 580. The van der Waals surface area contributed by atoms with Gasteiger partial charge in [0.25, 0.3) is 0 Å². The molecule has 0 bridgehead atoms. The molecule has 0 aliphatic heterocycles. The summed E-state index contributed by atoms with van der Waals surface area (Å²) < 4.78 is 10.2. The summed E-state index contributed by atoms with van der Waals surface area (Å²) >= 11 is 0. The summed E-state index contributed by atoms with van der Waals surface area (Å²) in [5.74, 6) is 0.715. The third-order valence-electron chi connectivity index (χ3n) is 2.94. The van der Waals surface area contributed by atoms with Gasteiger partial charge in [-0.05, 0) is 36.8 Å². The van der Waals surface area contributed by atoms with Gasteiger partial charge in [0.1, 0.15) is 5.75 Å². The van der Waals surface area contributed by atoms with Crippen LogP contribution in [0.5, 0.6) is 23.0 Å². The standard InChI is InChI=1S/C15H16O4/c1-9-4-5-12(16)11(6-9)10-7-13(18-2)15(17)14(8-10)19-3/h4-8,16-17H,1-3H3. The van der Waals surface area contributed by atoms with E-state index in [2.05, 4.69) is 0 Å². The van der Waals surface area contributed by atoms with Gasteiger partial charge in [-0.3, -0.25) is 0 Å². The van der Waals surface area contributed by atoms with E-state index in [1.807, 2.05) is 19.1 Å². The summed E-state index contributed by atoms with van der Waals surface area (Å²) in [4.78, 5) is 0. The summed E-state index contributed by atoms with van der Waals surface area (Å²) in [6, 6.07) is 8.64. The predicted molar refractivity (Wildman–Crippen MR) is 73.0 cm³/mol. The first-order valence-corrected chi connectivity index (χ1v) is 5.81. The van der Waals surface area contributed by atoms with Crippen LogP contribution < -0.4 is 9.47 Å². The van der Waals surface area contributed by atoms with E-state index in [-0.39, 0.29) is 11.5 Å². The van der Waals surface area contributed by atoms with Gasteiger partial charge in [0.2, 0.25) is 5.75 Å². The molecule has 4 heteroatoms. The van der Waals surface area contributed by atoms with Crippen molar-refractivity contribution in [3.8, 4) is 34.1 Å². The van der Waals surface area contributed by atoms with Crippen LogP contribution in [0.25, 0.3) is 11.1 Å². The SMILES string of the molecule is COc1cc(-c2cc(C)ccc2O)cc(OC)c1O. The molecule has 2 N–H and O–H groups in total. The van der Waals surface area contributed by atoms with E-state index in [1.54, 1.807) is 18.2 Å². The van der Waals surface area contributed by atoms with Crippen molar-refractivity contribution in [3.05, 3.63) is 35.9 Å². The summed E-state index contributed by atoms with van der Waals surface area (Å²) in [6.07, 6.45) is 0. The Balaban J connectivity index is 2.65. The van der Waals surface area contributed by atoms with E-state index in [0.29, 0.717) is 22.6 Å². The van der Waals surface area contributed by atoms with Crippen LogP contribution in [0.2, 0.25) is 0 Å². The molecule has 0 unspecified atom stereocenters. The second-order valence-electron chi connectivity index (χ2n) is 4.25. The molecule has 0 atom stereocenters. The smallest absolute Gasteiger partial charge is 0.200 e. The monoisotopic (exact) mass is 260 g/mol. The van der Waals surface area contributed by atoms with Crippen LogP contribution in [-0.4, -0.2) is 24.4 Å². The van der Waals surface area contributed by atoms with Crippen LogP contribution in [0, 0.1) is 6.92 Å². The molecule has 0 fully saturated rings. The molecule has 0 aliphatic rings. The number of methoxy groups -OCH3 is 2. The molecule has 2 aromatic rings. The summed E-state index contributed by atoms with van der Waals surface area (Å²) in [7, 11) is 2.93. The molecule has 0 aromatic heterocycles. The molecule has 100 valence electrons. The second-order valence-corrected chi connectivity index (χ2v) is 4.25. The number of phenols is 2. The predicted octanol–water partition coefficient (Wildman–Crippen LogP) is 3.09. The zero-order valence-corrected chi connectivity index (χ0v) is 11.1. The van der Waals surface area contributed by atoms with E-state index in [0.717, 1.165) is 5.56 Å². The van der Waals surface area contributed by atoms with Crippen molar-refractivity contribution < 1.29 is 19.7 Å². The fraction of sp³-hybridized carbons (Fsp3) is 0.200. The minimum Gasteiger partial charge on any atom is -0.507 e. The van der Waals surface area contributed by atoms with E-state index < -0.39 is 0 Å². The molecule has 2 aromatic carbocycles. The minimum atomic E-state index is -0.0547. The van der Waals surface area contributed by atoms with Gasteiger partial charge >= 0.3 is 0 Å². The highest BCUT2D eigenvalue weighted by Gasteiger charge is 2.14. The van der Waals surface area contributed by atoms with Gasteiger partial charge in [0.05, 0.1) is 14.2 Å². The zero-order valence-electron chi connectivity index (χ0n) is 11.1. The summed E-state index contributed by atoms with van der Waals surface area (Å²) in [5.41, 5.74) is 2.41. The molecule has 0 aliphatic carbocycles. The van der Waals surface area contributed by atoms with Gasteiger partial charge in [-0.1, -0.05) is 11.6 Å². The van der Waals surface area contributed by atoms with E-state index in [9.17, 15) is 10.2 Å². The average Bonchev–Trinajstić information content (AvgIpc) is 2.42. The second kappa shape index (κ2) is 5.10. The molecule has 0 spiro atoms. The third kappa shape index (κ3) is 2.42. The van der Waals surface area contributed by atoms with Gasteiger partial charge in [-0.25, -0.2) is 0 Å². The maximum atomic E-state index is 9.94. The van der Waals surface area contributed by atoms with Crippen LogP contribution in [0.15, 0.2) is 30.3 Å². The van der Waals surface area contributed by atoms with E-state index in [1.165, 1.54) is 14.2 Å². The Morgan fingerprint density at radius 2 is 1.47 bits per heavy atom. The fourth-order valence-corrected chi connectivity index (χ4v) is 1.93. The quantitative estimate of drug-likeness (QED) is 0.890. The van der Waals surface area contributed by atoms with Crippen molar-refractivity contribution in [1.29, 1.82) is 0 Å². The Morgan fingerprint density at radius 3 is 2.00 bits per heavy atom. The van der Waals surface area contributed by atoms with Gasteiger partial charge in [-0.2, -0.15) is 0 Å². The van der Waals surface area contributed by atoms with Gasteiger partial charge in [0, 0.05) is 5.56 Å². The number of phenolic OH excluding ortho intramolecular Hbond substituents is 2. The lowest BCUT2D eigenvalue weighted by atomic mass is 10.0. The van der Waals surface area contributed by atoms with Crippen LogP contribution in [0.3, 0.4) is 0 Å². The van der Waals surface area contributed by atoms with E-state index >= 15 is 0 Å². The lowest BCUT2D eigenvalue weighted by Gasteiger charge is -2.12. The number of aryl methyl sites for hydroxylation is 1. The topological polar surface area (TPSA) is 58.9 Å².